The van der Waals surface area contributed by atoms with E-state index in [0.29, 0.717) is 4.90 Å². The van der Waals surface area contributed by atoms with Gasteiger partial charge in [-0.3, -0.25) is 9.78 Å². The number of carbonyl (C=O) groups is 1. The third-order valence-electron chi connectivity index (χ3n) is 3.27. The van der Waals surface area contributed by atoms with E-state index in [1.807, 2.05) is 0 Å². The van der Waals surface area contributed by atoms with Crippen LogP contribution in [0.4, 0.5) is 17.6 Å². The predicted molar refractivity (Wildman–Crippen MR) is 61.4 cm³/mol. The average Bonchev–Trinajstić information content (AvgIpc) is 2.36. The second kappa shape index (κ2) is 5.57. The van der Waals surface area contributed by atoms with Crippen molar-refractivity contribution < 1.29 is 32.2 Å². The number of amides is 1. The molecule has 0 unspecified atom stereocenters. The van der Waals surface area contributed by atoms with Crippen LogP contribution in [0.1, 0.15) is 5.69 Å². The standard InChI is InChI=1S/C12H12F4N2O3/c13-8-1-2-9(17-3-8)4-18(10(20)5-19)11(6-21-7-11)12(14,15)16/h1-3,19H,4-7H2. The van der Waals surface area contributed by atoms with E-state index in [9.17, 15) is 22.4 Å². The van der Waals surface area contributed by atoms with E-state index >= 15 is 0 Å². The highest BCUT2D eigenvalue weighted by molar-refractivity contribution is 5.78. The molecule has 1 amide bonds. The molecular weight excluding hydrogens is 296 g/mol. The number of hydrogen-bond donors (Lipinski definition) is 1. The normalized spacial score (nSPS) is 17.2. The van der Waals surface area contributed by atoms with E-state index in [-0.39, 0.29) is 5.69 Å². The number of ether oxygens (including phenoxy) is 1. The van der Waals surface area contributed by atoms with Crippen LogP contribution < -0.4 is 0 Å². The topological polar surface area (TPSA) is 62.7 Å². The van der Waals surface area contributed by atoms with Gasteiger partial charge in [0.25, 0.3) is 0 Å². The molecule has 0 saturated carbocycles. The molecule has 0 spiro atoms. The number of pyridine rings is 1. The van der Waals surface area contributed by atoms with E-state index in [0.717, 1.165) is 12.3 Å². The average molecular weight is 308 g/mol. The van der Waals surface area contributed by atoms with Gasteiger partial charge < -0.3 is 14.7 Å². The SMILES string of the molecule is O=C(CO)N(Cc1ccc(F)cn1)C1(C(F)(F)F)COC1. The Balaban J connectivity index is 2.30. The first-order valence-corrected chi connectivity index (χ1v) is 5.96. The number of nitrogens with zero attached hydrogens (tertiary/aromatic N) is 2. The lowest BCUT2D eigenvalue weighted by Crippen LogP contribution is -2.71. The molecule has 1 aromatic heterocycles. The number of aliphatic hydroxyl groups excluding tert-OH is 1. The van der Waals surface area contributed by atoms with Crippen molar-refractivity contribution in [1.82, 2.24) is 9.88 Å². The van der Waals surface area contributed by atoms with E-state index < -0.39 is 49.8 Å². The molecule has 0 aromatic carbocycles. The summed E-state index contributed by atoms with van der Waals surface area (Å²) in [7, 11) is 0. The third kappa shape index (κ3) is 2.84. The summed E-state index contributed by atoms with van der Waals surface area (Å²) in [4.78, 5) is 15.8. The Morgan fingerprint density at radius 1 is 1.43 bits per heavy atom. The smallest absolute Gasteiger partial charge is 0.387 e. The first-order chi connectivity index (χ1) is 9.80. The highest BCUT2D eigenvalue weighted by atomic mass is 19.4. The first-order valence-electron chi connectivity index (χ1n) is 5.96. The molecule has 1 saturated heterocycles. The molecule has 9 heteroatoms. The molecule has 2 heterocycles. The Labute approximate surface area is 117 Å². The van der Waals surface area contributed by atoms with Gasteiger partial charge in [-0.1, -0.05) is 0 Å². The number of hydrogen-bond acceptors (Lipinski definition) is 4. The van der Waals surface area contributed by atoms with Gasteiger partial charge in [-0.2, -0.15) is 13.2 Å². The molecule has 2 rings (SSSR count). The Hall–Kier alpha value is -1.74. The van der Waals surface area contributed by atoms with Crippen molar-refractivity contribution in [2.75, 3.05) is 19.8 Å². The van der Waals surface area contributed by atoms with Gasteiger partial charge in [-0.05, 0) is 12.1 Å². The fourth-order valence-corrected chi connectivity index (χ4v) is 1.99. The van der Waals surface area contributed by atoms with Crippen LogP contribution in [-0.2, 0) is 16.1 Å². The van der Waals surface area contributed by atoms with Gasteiger partial charge in [0.05, 0.1) is 31.6 Å². The van der Waals surface area contributed by atoms with Crippen LogP contribution in [-0.4, -0.2) is 52.4 Å². The predicted octanol–water partition coefficient (Wildman–Crippen LogP) is 0.873. The second-order valence-corrected chi connectivity index (χ2v) is 4.63. The van der Waals surface area contributed by atoms with Gasteiger partial charge in [0.15, 0.2) is 5.54 Å². The summed E-state index contributed by atoms with van der Waals surface area (Å²) in [6.45, 7) is -2.98. The van der Waals surface area contributed by atoms with Crippen molar-refractivity contribution in [3.63, 3.8) is 0 Å². The molecule has 1 N–H and O–H groups in total. The Bertz CT molecular complexity index is 514. The van der Waals surface area contributed by atoms with Crippen LogP contribution in [0.15, 0.2) is 18.3 Å². The van der Waals surface area contributed by atoms with Crippen molar-refractivity contribution in [2.45, 2.75) is 18.3 Å². The highest BCUT2D eigenvalue weighted by Gasteiger charge is 2.64. The van der Waals surface area contributed by atoms with Crippen LogP contribution in [0.3, 0.4) is 0 Å². The highest BCUT2D eigenvalue weighted by Crippen LogP contribution is 2.41. The quantitative estimate of drug-likeness (QED) is 0.839. The molecule has 0 bridgehead atoms. The summed E-state index contributed by atoms with van der Waals surface area (Å²) >= 11 is 0. The summed E-state index contributed by atoms with van der Waals surface area (Å²) < 4.78 is 57.1. The number of carbonyl (C=O) groups excluding carboxylic acids is 1. The van der Waals surface area contributed by atoms with Gasteiger partial charge in [-0.15, -0.1) is 0 Å². The van der Waals surface area contributed by atoms with Crippen molar-refractivity contribution in [3.05, 3.63) is 29.8 Å². The van der Waals surface area contributed by atoms with Gasteiger partial charge in [-0.25, -0.2) is 4.39 Å². The zero-order valence-electron chi connectivity index (χ0n) is 10.7. The fraction of sp³-hybridized carbons (Fsp3) is 0.500. The number of alkyl halides is 3. The lowest BCUT2D eigenvalue weighted by Gasteiger charge is -2.49. The number of halogens is 4. The van der Waals surface area contributed by atoms with Crippen molar-refractivity contribution in [1.29, 1.82) is 0 Å². The fourth-order valence-electron chi connectivity index (χ4n) is 1.99. The van der Waals surface area contributed by atoms with Gasteiger partial charge in [0.2, 0.25) is 5.91 Å². The molecule has 0 aliphatic carbocycles. The minimum absolute atomic E-state index is 0.0775. The van der Waals surface area contributed by atoms with Gasteiger partial charge >= 0.3 is 6.18 Å². The molecule has 1 aliphatic rings. The monoisotopic (exact) mass is 308 g/mol. The molecule has 5 nitrogen and oxygen atoms in total. The van der Waals surface area contributed by atoms with Crippen LogP contribution >= 0.6 is 0 Å². The van der Waals surface area contributed by atoms with E-state index in [4.69, 9.17) is 5.11 Å². The number of aromatic nitrogens is 1. The molecule has 116 valence electrons. The van der Waals surface area contributed by atoms with Crippen molar-refractivity contribution in [3.8, 4) is 0 Å². The van der Waals surface area contributed by atoms with E-state index in [1.54, 1.807) is 0 Å². The summed E-state index contributed by atoms with van der Waals surface area (Å²) in [5, 5.41) is 8.90. The lowest BCUT2D eigenvalue weighted by molar-refractivity contribution is -0.303. The van der Waals surface area contributed by atoms with Crippen LogP contribution in [0.5, 0.6) is 0 Å². The van der Waals surface area contributed by atoms with Gasteiger partial charge in [0.1, 0.15) is 12.4 Å². The minimum Gasteiger partial charge on any atom is -0.387 e. The molecule has 0 atom stereocenters. The number of rotatable bonds is 4. The first kappa shape index (κ1) is 15.6. The molecule has 21 heavy (non-hydrogen) atoms. The maximum Gasteiger partial charge on any atom is 0.416 e. The Morgan fingerprint density at radius 2 is 2.10 bits per heavy atom. The molecular formula is C12H12F4N2O3. The second-order valence-electron chi connectivity index (χ2n) is 4.63. The van der Waals surface area contributed by atoms with Crippen molar-refractivity contribution >= 4 is 5.91 Å². The van der Waals surface area contributed by atoms with E-state index in [2.05, 4.69) is 9.72 Å². The summed E-state index contributed by atoms with van der Waals surface area (Å²) in [5.41, 5.74) is -2.41. The van der Waals surface area contributed by atoms with Gasteiger partial charge in [0, 0.05) is 0 Å². The summed E-state index contributed by atoms with van der Waals surface area (Å²) in [6.07, 6.45) is -3.87. The maximum absolute atomic E-state index is 13.2. The Morgan fingerprint density at radius 3 is 2.48 bits per heavy atom. The summed E-state index contributed by atoms with van der Waals surface area (Å²) in [5.74, 6) is -1.74. The van der Waals surface area contributed by atoms with Crippen molar-refractivity contribution in [2.24, 2.45) is 0 Å². The third-order valence-corrected chi connectivity index (χ3v) is 3.27. The molecule has 1 aromatic rings. The van der Waals surface area contributed by atoms with Crippen LogP contribution in [0.2, 0.25) is 0 Å². The lowest BCUT2D eigenvalue weighted by atomic mass is 9.93. The Kier molecular flexibility index (Phi) is 4.15. The maximum atomic E-state index is 13.2. The van der Waals surface area contributed by atoms with Crippen LogP contribution in [0.25, 0.3) is 0 Å². The summed E-state index contributed by atoms with van der Waals surface area (Å²) in [6, 6.07) is 2.21. The number of aliphatic hydroxyl groups is 1. The van der Waals surface area contributed by atoms with Crippen LogP contribution in [0, 0.1) is 5.82 Å². The molecule has 0 radical (unpaired) electrons. The zero-order chi connectivity index (χ0) is 15.7. The largest absolute Gasteiger partial charge is 0.416 e. The molecule has 1 fully saturated rings. The minimum atomic E-state index is -4.71. The van der Waals surface area contributed by atoms with E-state index in [1.165, 1.54) is 6.07 Å². The molecule has 1 aliphatic heterocycles. The zero-order valence-corrected chi connectivity index (χ0v) is 10.7.